The van der Waals surface area contributed by atoms with Crippen molar-refractivity contribution >= 4 is 33.2 Å². The third kappa shape index (κ3) is 4.93. The Balaban J connectivity index is 1.43. The molecule has 4 rings (SSSR count). The Morgan fingerprint density at radius 3 is 2.77 bits per heavy atom. The van der Waals surface area contributed by atoms with Gasteiger partial charge in [-0.25, -0.2) is 4.98 Å². The fourth-order valence-corrected chi connectivity index (χ4v) is 4.59. The molecule has 0 bridgehead atoms. The molecule has 0 radical (unpaired) electrons. The maximum Gasteiger partial charge on any atom is 0.254 e. The number of aryl methyl sites for hydroxylation is 2. The summed E-state index contributed by atoms with van der Waals surface area (Å²) in [5.74, 6) is 0.976. The predicted octanol–water partition coefficient (Wildman–Crippen LogP) is 6.21. The minimum atomic E-state index is 0.0652. The number of carbonyl (C=O) groups excluding carboxylic acids is 1. The van der Waals surface area contributed by atoms with Crippen molar-refractivity contribution in [1.82, 2.24) is 9.88 Å². The molecule has 1 heterocycles. The molecule has 1 aromatic heterocycles. The molecule has 0 N–H and O–H groups in total. The second-order valence-electron chi connectivity index (χ2n) is 7.90. The van der Waals surface area contributed by atoms with Crippen molar-refractivity contribution < 1.29 is 9.53 Å². The highest BCUT2D eigenvalue weighted by molar-refractivity contribution is 9.10. The Hall–Kier alpha value is -2.18. The molecule has 6 heteroatoms. The quantitative estimate of drug-likeness (QED) is 0.399. The number of benzene rings is 2. The molecule has 0 spiro atoms. The summed E-state index contributed by atoms with van der Waals surface area (Å²) in [6.45, 7) is 7.24. The number of rotatable bonds is 7. The van der Waals surface area contributed by atoms with Crippen LogP contribution in [0.2, 0.25) is 0 Å². The van der Waals surface area contributed by atoms with Gasteiger partial charge in [0, 0.05) is 21.5 Å². The number of carbonyl (C=O) groups is 1. The number of aromatic nitrogens is 1. The molecule has 30 heavy (non-hydrogen) atoms. The largest absolute Gasteiger partial charge is 0.486 e. The standard InChI is InChI=1S/C24H25BrN2O2S/c1-15-9-16(2)17(3)22(10-15)29-13-23-26-20(14-30-23)12-27(21-7-8-21)24(28)18-5-4-6-19(25)11-18/h4-6,9-11,14,21H,7-8,12-13H2,1-3H3. The summed E-state index contributed by atoms with van der Waals surface area (Å²) < 4.78 is 6.97. The van der Waals surface area contributed by atoms with E-state index in [1.54, 1.807) is 11.3 Å². The zero-order valence-corrected chi connectivity index (χ0v) is 19.8. The molecule has 1 amide bonds. The van der Waals surface area contributed by atoms with E-state index >= 15 is 0 Å². The SMILES string of the molecule is Cc1cc(C)c(C)c(OCc2nc(CN(C(=O)c3cccc(Br)c3)C3CC3)cs2)c1. The van der Waals surface area contributed by atoms with Crippen molar-refractivity contribution in [2.45, 2.75) is 52.8 Å². The Morgan fingerprint density at radius 2 is 2.03 bits per heavy atom. The van der Waals surface area contributed by atoms with Gasteiger partial charge in [-0.1, -0.05) is 28.1 Å². The molecular weight excluding hydrogens is 460 g/mol. The average molecular weight is 485 g/mol. The van der Waals surface area contributed by atoms with Crippen molar-refractivity contribution in [2.24, 2.45) is 0 Å². The topological polar surface area (TPSA) is 42.4 Å². The zero-order valence-electron chi connectivity index (χ0n) is 17.4. The Bertz CT molecular complexity index is 1070. The van der Waals surface area contributed by atoms with Crippen molar-refractivity contribution in [3.05, 3.63) is 79.2 Å². The lowest BCUT2D eigenvalue weighted by Crippen LogP contribution is -2.32. The van der Waals surface area contributed by atoms with Gasteiger partial charge in [-0.2, -0.15) is 0 Å². The first-order chi connectivity index (χ1) is 14.4. The van der Waals surface area contributed by atoms with Gasteiger partial charge in [-0.15, -0.1) is 11.3 Å². The molecular formula is C24H25BrN2O2S. The molecule has 1 aliphatic rings. The number of hydrogen-bond acceptors (Lipinski definition) is 4. The molecule has 1 fully saturated rings. The average Bonchev–Trinajstić information content (AvgIpc) is 3.46. The van der Waals surface area contributed by atoms with E-state index in [4.69, 9.17) is 9.72 Å². The number of halogens is 1. The number of thiazole rings is 1. The van der Waals surface area contributed by atoms with Gasteiger partial charge >= 0.3 is 0 Å². The van der Waals surface area contributed by atoms with Gasteiger partial charge in [-0.3, -0.25) is 4.79 Å². The van der Waals surface area contributed by atoms with Gasteiger partial charge in [0.2, 0.25) is 0 Å². The highest BCUT2D eigenvalue weighted by atomic mass is 79.9. The highest BCUT2D eigenvalue weighted by Crippen LogP contribution is 2.31. The first-order valence-corrected chi connectivity index (χ1v) is 11.8. The van der Waals surface area contributed by atoms with Gasteiger partial charge in [-0.05, 0) is 74.6 Å². The Labute approximate surface area is 190 Å². The molecule has 0 saturated heterocycles. The molecule has 3 aromatic rings. The van der Waals surface area contributed by atoms with Crippen LogP contribution in [-0.4, -0.2) is 21.8 Å². The van der Waals surface area contributed by atoms with Crippen LogP contribution >= 0.6 is 27.3 Å². The molecule has 156 valence electrons. The Kier molecular flexibility index (Phi) is 6.25. The molecule has 0 aliphatic heterocycles. The van der Waals surface area contributed by atoms with Crippen molar-refractivity contribution in [2.75, 3.05) is 0 Å². The predicted molar refractivity (Wildman–Crippen MR) is 124 cm³/mol. The number of ether oxygens (including phenoxy) is 1. The minimum absolute atomic E-state index is 0.0652. The summed E-state index contributed by atoms with van der Waals surface area (Å²) in [7, 11) is 0. The van der Waals surface area contributed by atoms with Gasteiger partial charge in [0.05, 0.1) is 12.2 Å². The van der Waals surface area contributed by atoms with E-state index in [9.17, 15) is 4.79 Å². The fourth-order valence-electron chi connectivity index (χ4n) is 3.49. The molecule has 2 aromatic carbocycles. The van der Waals surface area contributed by atoms with Crippen LogP contribution in [0.4, 0.5) is 0 Å². The summed E-state index contributed by atoms with van der Waals surface area (Å²) in [4.78, 5) is 19.7. The molecule has 0 unspecified atom stereocenters. The van der Waals surface area contributed by atoms with E-state index in [1.165, 1.54) is 11.1 Å². The lowest BCUT2D eigenvalue weighted by atomic mass is 10.1. The van der Waals surface area contributed by atoms with Crippen molar-refractivity contribution in [1.29, 1.82) is 0 Å². The monoisotopic (exact) mass is 484 g/mol. The first kappa shape index (κ1) is 21.1. The normalized spacial score (nSPS) is 13.3. The highest BCUT2D eigenvalue weighted by Gasteiger charge is 2.33. The second-order valence-corrected chi connectivity index (χ2v) is 9.76. The first-order valence-electron chi connectivity index (χ1n) is 10.1. The number of nitrogens with zero attached hydrogens (tertiary/aromatic N) is 2. The molecule has 4 nitrogen and oxygen atoms in total. The maximum atomic E-state index is 13.1. The number of hydrogen-bond donors (Lipinski definition) is 0. The van der Waals surface area contributed by atoms with Crippen LogP contribution in [0, 0.1) is 20.8 Å². The van der Waals surface area contributed by atoms with Gasteiger partial charge in [0.1, 0.15) is 17.4 Å². The van der Waals surface area contributed by atoms with Crippen molar-refractivity contribution in [3.63, 3.8) is 0 Å². The molecule has 1 saturated carbocycles. The fraction of sp³-hybridized carbons (Fsp3) is 0.333. The van der Waals surface area contributed by atoms with Gasteiger partial charge in [0.15, 0.2) is 0 Å². The van der Waals surface area contributed by atoms with Crippen LogP contribution in [0.25, 0.3) is 0 Å². The summed E-state index contributed by atoms with van der Waals surface area (Å²) >= 11 is 5.04. The third-order valence-electron chi connectivity index (χ3n) is 5.37. The smallest absolute Gasteiger partial charge is 0.254 e. The summed E-state index contributed by atoms with van der Waals surface area (Å²) in [6.07, 6.45) is 2.12. The van der Waals surface area contributed by atoms with Crippen LogP contribution in [0.5, 0.6) is 5.75 Å². The third-order valence-corrected chi connectivity index (χ3v) is 6.73. The lowest BCUT2D eigenvalue weighted by Gasteiger charge is -2.21. The van der Waals surface area contributed by atoms with Crippen LogP contribution in [0.1, 0.15) is 50.6 Å². The minimum Gasteiger partial charge on any atom is -0.486 e. The summed E-state index contributed by atoms with van der Waals surface area (Å²) in [5.41, 5.74) is 5.22. The Morgan fingerprint density at radius 1 is 1.23 bits per heavy atom. The van der Waals surface area contributed by atoms with Crippen LogP contribution in [0.15, 0.2) is 46.3 Å². The summed E-state index contributed by atoms with van der Waals surface area (Å²) in [5, 5.41) is 2.96. The van der Waals surface area contributed by atoms with E-state index in [2.05, 4.69) is 48.8 Å². The van der Waals surface area contributed by atoms with Gasteiger partial charge < -0.3 is 9.64 Å². The number of amides is 1. The van der Waals surface area contributed by atoms with Gasteiger partial charge in [0.25, 0.3) is 5.91 Å². The van der Waals surface area contributed by atoms with E-state index in [1.807, 2.05) is 34.5 Å². The maximum absolute atomic E-state index is 13.1. The zero-order chi connectivity index (χ0) is 21.3. The molecule has 1 aliphatic carbocycles. The molecule has 0 atom stereocenters. The van der Waals surface area contributed by atoms with E-state index < -0.39 is 0 Å². The lowest BCUT2D eigenvalue weighted by molar-refractivity contribution is 0.0728. The van der Waals surface area contributed by atoms with Crippen molar-refractivity contribution in [3.8, 4) is 5.75 Å². The van der Waals surface area contributed by atoms with E-state index in [0.717, 1.165) is 39.3 Å². The van der Waals surface area contributed by atoms with Crippen LogP contribution in [-0.2, 0) is 13.2 Å². The van der Waals surface area contributed by atoms with Crippen LogP contribution in [0.3, 0.4) is 0 Å². The van der Waals surface area contributed by atoms with E-state index in [-0.39, 0.29) is 5.91 Å². The summed E-state index contributed by atoms with van der Waals surface area (Å²) in [6, 6.07) is 12.1. The van der Waals surface area contributed by atoms with E-state index in [0.29, 0.717) is 24.8 Å². The second kappa shape index (κ2) is 8.90. The van der Waals surface area contributed by atoms with Crippen LogP contribution < -0.4 is 4.74 Å².